The van der Waals surface area contributed by atoms with Crippen molar-refractivity contribution in [2.24, 2.45) is 0 Å². The third-order valence-electron chi connectivity index (χ3n) is 4.68. The number of anilines is 1. The molecular formula is C23H18BrN3O4. The molecule has 2 aromatic heterocycles. The highest BCUT2D eigenvalue weighted by Gasteiger charge is 2.23. The highest BCUT2D eigenvalue weighted by atomic mass is 79.9. The number of nitrogens with one attached hydrogen (secondary N) is 1. The van der Waals surface area contributed by atoms with Crippen molar-refractivity contribution in [3.05, 3.63) is 93.1 Å². The van der Waals surface area contributed by atoms with E-state index in [1.165, 1.54) is 18.1 Å². The van der Waals surface area contributed by atoms with E-state index in [1.807, 2.05) is 30.3 Å². The molecule has 0 saturated heterocycles. The van der Waals surface area contributed by atoms with Crippen LogP contribution in [-0.4, -0.2) is 22.8 Å². The molecule has 0 unspecified atom stereocenters. The molecule has 0 aliphatic carbocycles. The minimum absolute atomic E-state index is 0.112. The molecule has 1 amide bonds. The molecule has 4 rings (SSSR count). The maximum Gasteiger partial charge on any atom is 0.292 e. The number of hydrogen-bond acceptors (Lipinski definition) is 5. The summed E-state index contributed by atoms with van der Waals surface area (Å²) in [6, 6.07) is 17.7. The van der Waals surface area contributed by atoms with E-state index < -0.39 is 5.91 Å². The van der Waals surface area contributed by atoms with Crippen molar-refractivity contribution in [3.63, 3.8) is 0 Å². The molecule has 31 heavy (non-hydrogen) atoms. The fourth-order valence-corrected chi connectivity index (χ4v) is 3.47. The lowest BCUT2D eigenvalue weighted by molar-refractivity contribution is 0.0996. The van der Waals surface area contributed by atoms with E-state index in [4.69, 9.17) is 9.15 Å². The van der Waals surface area contributed by atoms with Gasteiger partial charge in [-0.15, -0.1) is 0 Å². The number of rotatable bonds is 5. The standard InChI is InChI=1S/C23H18BrN3O4/c1-14-21(28)20(17-6-3-4-7-18(17)30-2)22(25-23(29)19-8-5-13-31-19)27(26-14)16-11-9-15(24)10-12-16/h3-13H,1-2H3,(H,25,29). The van der Waals surface area contributed by atoms with E-state index in [0.717, 1.165) is 4.47 Å². The topological polar surface area (TPSA) is 86.4 Å². The van der Waals surface area contributed by atoms with Gasteiger partial charge in [-0.05, 0) is 49.4 Å². The van der Waals surface area contributed by atoms with Crippen molar-refractivity contribution in [1.82, 2.24) is 9.78 Å². The fourth-order valence-electron chi connectivity index (χ4n) is 3.20. The number of methoxy groups -OCH3 is 1. The van der Waals surface area contributed by atoms with Gasteiger partial charge in [-0.3, -0.25) is 9.59 Å². The Balaban J connectivity index is 2.01. The number of amides is 1. The molecule has 4 aromatic rings. The number of carbonyl (C=O) groups is 1. The monoisotopic (exact) mass is 479 g/mol. The zero-order chi connectivity index (χ0) is 22.0. The first-order chi connectivity index (χ1) is 15.0. The number of benzene rings is 2. The number of hydrogen-bond donors (Lipinski definition) is 1. The van der Waals surface area contributed by atoms with E-state index in [-0.39, 0.29) is 28.3 Å². The van der Waals surface area contributed by atoms with Gasteiger partial charge in [0.15, 0.2) is 5.76 Å². The Bertz CT molecular complexity index is 1300. The van der Waals surface area contributed by atoms with Crippen molar-refractivity contribution in [3.8, 4) is 22.6 Å². The molecule has 0 radical (unpaired) electrons. The van der Waals surface area contributed by atoms with Crippen LogP contribution >= 0.6 is 15.9 Å². The van der Waals surface area contributed by atoms with Crippen LogP contribution < -0.4 is 15.5 Å². The van der Waals surface area contributed by atoms with Gasteiger partial charge in [0.25, 0.3) is 5.91 Å². The van der Waals surface area contributed by atoms with E-state index in [2.05, 4.69) is 26.3 Å². The normalized spacial score (nSPS) is 10.7. The molecular weight excluding hydrogens is 462 g/mol. The molecule has 0 spiro atoms. The quantitative estimate of drug-likeness (QED) is 0.443. The van der Waals surface area contributed by atoms with Crippen LogP contribution in [0.1, 0.15) is 16.2 Å². The van der Waals surface area contributed by atoms with Crippen molar-refractivity contribution in [1.29, 1.82) is 0 Å². The number of aromatic nitrogens is 2. The van der Waals surface area contributed by atoms with Crippen molar-refractivity contribution < 1.29 is 13.9 Å². The first kappa shape index (κ1) is 20.6. The van der Waals surface area contributed by atoms with E-state index in [0.29, 0.717) is 17.0 Å². The molecule has 156 valence electrons. The number of carbonyl (C=O) groups excluding carboxylic acids is 1. The van der Waals surface area contributed by atoms with Crippen LogP contribution in [-0.2, 0) is 0 Å². The molecule has 0 fully saturated rings. The van der Waals surface area contributed by atoms with Gasteiger partial charge >= 0.3 is 0 Å². The summed E-state index contributed by atoms with van der Waals surface area (Å²) in [5.74, 6) is 0.322. The zero-order valence-electron chi connectivity index (χ0n) is 16.8. The second kappa shape index (κ2) is 8.61. The third-order valence-corrected chi connectivity index (χ3v) is 5.21. The van der Waals surface area contributed by atoms with Gasteiger partial charge in [-0.1, -0.05) is 34.1 Å². The van der Waals surface area contributed by atoms with Gasteiger partial charge in [0.05, 0.1) is 24.6 Å². The number of halogens is 1. The Morgan fingerprint density at radius 3 is 2.52 bits per heavy atom. The molecule has 0 atom stereocenters. The molecule has 7 nitrogen and oxygen atoms in total. The summed E-state index contributed by atoms with van der Waals surface area (Å²) in [6.07, 6.45) is 1.41. The Morgan fingerprint density at radius 2 is 1.84 bits per heavy atom. The van der Waals surface area contributed by atoms with Crippen LogP contribution in [0, 0.1) is 6.92 Å². The van der Waals surface area contributed by atoms with E-state index in [9.17, 15) is 9.59 Å². The van der Waals surface area contributed by atoms with Gasteiger partial charge in [-0.25, -0.2) is 4.68 Å². The van der Waals surface area contributed by atoms with Crippen molar-refractivity contribution >= 4 is 27.7 Å². The number of nitrogens with zero attached hydrogens (tertiary/aromatic N) is 2. The second-order valence-electron chi connectivity index (χ2n) is 6.66. The minimum atomic E-state index is -0.503. The largest absolute Gasteiger partial charge is 0.496 e. The summed E-state index contributed by atoms with van der Waals surface area (Å²) in [4.78, 5) is 26.1. The highest BCUT2D eigenvalue weighted by molar-refractivity contribution is 9.10. The Kier molecular flexibility index (Phi) is 5.73. The molecule has 2 aromatic carbocycles. The van der Waals surface area contributed by atoms with Gasteiger partial charge in [0.2, 0.25) is 5.43 Å². The predicted molar refractivity (Wildman–Crippen MR) is 121 cm³/mol. The summed E-state index contributed by atoms with van der Waals surface area (Å²) in [6.45, 7) is 1.63. The van der Waals surface area contributed by atoms with Gasteiger partial charge in [0, 0.05) is 10.0 Å². The first-order valence-electron chi connectivity index (χ1n) is 9.37. The Labute approximate surface area is 186 Å². The van der Waals surface area contributed by atoms with Crippen LogP contribution in [0.3, 0.4) is 0 Å². The summed E-state index contributed by atoms with van der Waals surface area (Å²) >= 11 is 3.42. The van der Waals surface area contributed by atoms with Crippen LogP contribution in [0.25, 0.3) is 16.8 Å². The maximum absolute atomic E-state index is 13.3. The van der Waals surface area contributed by atoms with Gasteiger partial charge in [0.1, 0.15) is 17.3 Å². The van der Waals surface area contributed by atoms with Crippen LogP contribution in [0.4, 0.5) is 5.82 Å². The average Bonchev–Trinajstić information content (AvgIpc) is 3.32. The number of ether oxygens (including phenoxy) is 1. The molecule has 0 aliphatic rings. The Morgan fingerprint density at radius 1 is 1.10 bits per heavy atom. The number of furan rings is 1. The van der Waals surface area contributed by atoms with Crippen molar-refractivity contribution in [2.75, 3.05) is 12.4 Å². The predicted octanol–water partition coefficient (Wildman–Crippen LogP) is 4.82. The molecule has 0 saturated carbocycles. The van der Waals surface area contributed by atoms with Gasteiger partial charge < -0.3 is 14.5 Å². The molecule has 1 N–H and O–H groups in total. The lowest BCUT2D eigenvalue weighted by Gasteiger charge is -2.19. The summed E-state index contributed by atoms with van der Waals surface area (Å²) in [5, 5.41) is 7.26. The maximum atomic E-state index is 13.3. The van der Waals surface area contributed by atoms with Crippen LogP contribution in [0.5, 0.6) is 5.75 Å². The lowest BCUT2D eigenvalue weighted by Crippen LogP contribution is -2.24. The SMILES string of the molecule is COc1ccccc1-c1c(NC(=O)c2ccco2)n(-c2ccc(Br)cc2)nc(C)c1=O. The number of para-hydroxylation sites is 1. The molecule has 2 heterocycles. The highest BCUT2D eigenvalue weighted by Crippen LogP contribution is 2.34. The van der Waals surface area contributed by atoms with Gasteiger partial charge in [-0.2, -0.15) is 5.10 Å². The molecule has 8 heteroatoms. The summed E-state index contributed by atoms with van der Waals surface area (Å²) < 4.78 is 13.1. The summed E-state index contributed by atoms with van der Waals surface area (Å²) in [5.41, 5.74) is 1.44. The molecule has 0 aliphatic heterocycles. The first-order valence-corrected chi connectivity index (χ1v) is 10.2. The summed E-state index contributed by atoms with van der Waals surface area (Å²) in [7, 11) is 1.53. The Hall–Kier alpha value is -3.65. The average molecular weight is 480 g/mol. The fraction of sp³-hybridized carbons (Fsp3) is 0.0870. The minimum Gasteiger partial charge on any atom is -0.496 e. The van der Waals surface area contributed by atoms with E-state index in [1.54, 1.807) is 37.3 Å². The van der Waals surface area contributed by atoms with Crippen LogP contribution in [0.15, 0.2) is 80.6 Å². The molecule has 0 bridgehead atoms. The van der Waals surface area contributed by atoms with Crippen LogP contribution in [0.2, 0.25) is 0 Å². The van der Waals surface area contributed by atoms with E-state index >= 15 is 0 Å². The smallest absolute Gasteiger partial charge is 0.292 e. The zero-order valence-corrected chi connectivity index (χ0v) is 18.3. The number of aryl methyl sites for hydroxylation is 1. The van der Waals surface area contributed by atoms with Crippen molar-refractivity contribution in [2.45, 2.75) is 6.92 Å². The lowest BCUT2D eigenvalue weighted by atomic mass is 10.0. The second-order valence-corrected chi connectivity index (χ2v) is 7.57. The third kappa shape index (κ3) is 4.02.